The summed E-state index contributed by atoms with van der Waals surface area (Å²) in [5.41, 5.74) is 0.374. The summed E-state index contributed by atoms with van der Waals surface area (Å²) < 4.78 is 0. The second-order valence-corrected chi connectivity index (χ2v) is 2.43. The maximum absolute atomic E-state index is 10.6. The number of hydrogen-bond acceptors (Lipinski definition) is 3. The average molecular weight is 194 g/mol. The normalized spacial score (nSPS) is 9.43. The van der Waals surface area contributed by atoms with Crippen LogP contribution in [0, 0.1) is 10.1 Å². The van der Waals surface area contributed by atoms with Crippen LogP contribution in [0.3, 0.4) is 0 Å². The Morgan fingerprint density at radius 2 is 2.14 bits per heavy atom. The molecule has 0 bridgehead atoms. The van der Waals surface area contributed by atoms with Crippen LogP contribution < -0.4 is 5.17 Å². The fourth-order valence-corrected chi connectivity index (χ4v) is 0.895. The van der Waals surface area contributed by atoms with E-state index in [1.165, 1.54) is 6.08 Å². The molecule has 0 amide bonds. The summed E-state index contributed by atoms with van der Waals surface area (Å²) in [6.45, 7) is 3.50. The number of hydrogen-bond donors (Lipinski definition) is 0. The number of rotatable bonds is 5. The van der Waals surface area contributed by atoms with Crippen LogP contribution >= 0.6 is 0 Å². The Hall–Kier alpha value is -1.88. The summed E-state index contributed by atoms with van der Waals surface area (Å²) in [6, 6.07) is 8.35. The SMILES string of the molecule is C=CCON(c1ccccc1)[N+](=O)[O-]. The van der Waals surface area contributed by atoms with Gasteiger partial charge in [0, 0.05) is 5.17 Å². The van der Waals surface area contributed by atoms with Gasteiger partial charge in [-0.2, -0.15) is 0 Å². The van der Waals surface area contributed by atoms with Crippen LogP contribution in [-0.2, 0) is 4.84 Å². The summed E-state index contributed by atoms with van der Waals surface area (Å²) in [7, 11) is 0. The number of nitro groups is 1. The molecule has 0 aromatic heterocycles. The topological polar surface area (TPSA) is 55.6 Å². The molecule has 1 aromatic rings. The van der Waals surface area contributed by atoms with Gasteiger partial charge >= 0.3 is 0 Å². The maximum Gasteiger partial charge on any atom is 0.192 e. The van der Waals surface area contributed by atoms with Gasteiger partial charge in [0.05, 0.1) is 6.61 Å². The third kappa shape index (κ3) is 2.56. The molecule has 0 unspecified atom stereocenters. The van der Waals surface area contributed by atoms with Crippen molar-refractivity contribution in [1.29, 1.82) is 0 Å². The van der Waals surface area contributed by atoms with Crippen molar-refractivity contribution in [2.75, 3.05) is 11.8 Å². The summed E-state index contributed by atoms with van der Waals surface area (Å²) in [4.78, 5) is 15.4. The molecule has 0 aliphatic carbocycles. The first-order valence-electron chi connectivity index (χ1n) is 3.99. The molecule has 0 aliphatic rings. The lowest BCUT2D eigenvalue weighted by molar-refractivity contribution is -0.546. The highest BCUT2D eigenvalue weighted by atomic mass is 16.8. The van der Waals surface area contributed by atoms with E-state index in [0.717, 1.165) is 0 Å². The minimum Gasteiger partial charge on any atom is -0.232 e. The quantitative estimate of drug-likeness (QED) is 0.407. The monoisotopic (exact) mass is 194 g/mol. The molecule has 0 fully saturated rings. The van der Waals surface area contributed by atoms with Gasteiger partial charge in [-0.3, -0.25) is 0 Å². The standard InChI is InChI=1S/C9H10N2O3/c1-2-8-14-10(11(12)13)9-6-4-3-5-7-9/h2-7H,1,8H2. The molecule has 0 saturated heterocycles. The Balaban J connectivity index is 2.78. The van der Waals surface area contributed by atoms with Gasteiger partial charge in [-0.1, -0.05) is 24.3 Å². The lowest BCUT2D eigenvalue weighted by atomic mass is 10.3. The van der Waals surface area contributed by atoms with Crippen LogP contribution in [0.5, 0.6) is 0 Å². The van der Waals surface area contributed by atoms with Gasteiger partial charge in [-0.05, 0) is 12.1 Å². The lowest BCUT2D eigenvalue weighted by Gasteiger charge is -2.11. The summed E-state index contributed by atoms with van der Waals surface area (Å²) in [5.74, 6) is 0. The molecule has 1 rings (SSSR count). The first-order chi connectivity index (χ1) is 6.75. The molecule has 1 aromatic carbocycles. The lowest BCUT2D eigenvalue weighted by Crippen LogP contribution is -2.29. The zero-order chi connectivity index (χ0) is 10.4. The Morgan fingerprint density at radius 3 is 2.64 bits per heavy atom. The predicted octanol–water partition coefficient (Wildman–Crippen LogP) is 1.80. The maximum atomic E-state index is 10.6. The van der Waals surface area contributed by atoms with E-state index in [1.54, 1.807) is 30.3 Å². The van der Waals surface area contributed by atoms with E-state index in [2.05, 4.69) is 6.58 Å². The summed E-state index contributed by atoms with van der Waals surface area (Å²) in [5, 5.41) is 10.6. The average Bonchev–Trinajstić information content (AvgIpc) is 2.19. The Kier molecular flexibility index (Phi) is 3.63. The second-order valence-electron chi connectivity index (χ2n) is 2.43. The Labute approximate surface area is 81.3 Å². The van der Waals surface area contributed by atoms with Crippen LogP contribution in [0.1, 0.15) is 0 Å². The fraction of sp³-hybridized carbons (Fsp3) is 0.111. The summed E-state index contributed by atoms with van der Waals surface area (Å²) >= 11 is 0. The molecule has 0 aliphatic heterocycles. The number of hydrazine groups is 1. The van der Waals surface area contributed by atoms with E-state index in [1.807, 2.05) is 0 Å². The highest BCUT2D eigenvalue weighted by molar-refractivity contribution is 5.40. The largest absolute Gasteiger partial charge is 0.232 e. The third-order valence-corrected chi connectivity index (χ3v) is 1.44. The summed E-state index contributed by atoms with van der Waals surface area (Å²) in [6.07, 6.45) is 1.44. The van der Waals surface area contributed by atoms with E-state index in [9.17, 15) is 10.1 Å². The second kappa shape index (κ2) is 4.98. The molecule has 0 heterocycles. The minimum absolute atomic E-state index is 0.0931. The number of para-hydroxylation sites is 1. The van der Waals surface area contributed by atoms with Gasteiger partial charge in [0.1, 0.15) is 5.69 Å². The first-order valence-corrected chi connectivity index (χ1v) is 3.99. The molecule has 14 heavy (non-hydrogen) atoms. The molecule has 0 spiro atoms. The molecule has 0 saturated carbocycles. The van der Waals surface area contributed by atoms with Crippen LogP contribution in [0.2, 0.25) is 0 Å². The van der Waals surface area contributed by atoms with E-state index in [0.29, 0.717) is 10.9 Å². The molecular weight excluding hydrogens is 184 g/mol. The molecule has 5 nitrogen and oxygen atoms in total. The molecule has 0 radical (unpaired) electrons. The van der Waals surface area contributed by atoms with Crippen molar-refractivity contribution >= 4 is 5.69 Å². The Morgan fingerprint density at radius 1 is 1.50 bits per heavy atom. The highest BCUT2D eigenvalue weighted by Crippen LogP contribution is 2.13. The van der Waals surface area contributed by atoms with Crippen molar-refractivity contribution in [3.63, 3.8) is 0 Å². The highest BCUT2D eigenvalue weighted by Gasteiger charge is 2.16. The van der Waals surface area contributed by atoms with Crippen LogP contribution in [0.4, 0.5) is 5.69 Å². The van der Waals surface area contributed by atoms with Gasteiger partial charge < -0.3 is 0 Å². The van der Waals surface area contributed by atoms with E-state index in [4.69, 9.17) is 4.84 Å². The predicted molar refractivity (Wildman–Crippen MR) is 52.1 cm³/mol. The van der Waals surface area contributed by atoms with Crippen molar-refractivity contribution < 1.29 is 9.87 Å². The molecule has 0 atom stereocenters. The smallest absolute Gasteiger partial charge is 0.192 e. The zero-order valence-corrected chi connectivity index (χ0v) is 7.50. The van der Waals surface area contributed by atoms with E-state index in [-0.39, 0.29) is 6.61 Å². The zero-order valence-electron chi connectivity index (χ0n) is 7.50. The third-order valence-electron chi connectivity index (χ3n) is 1.44. The minimum atomic E-state index is -0.626. The van der Waals surface area contributed by atoms with Crippen molar-refractivity contribution in [3.8, 4) is 0 Å². The van der Waals surface area contributed by atoms with E-state index < -0.39 is 5.03 Å². The molecule has 0 N–H and O–H groups in total. The van der Waals surface area contributed by atoms with Gasteiger partial charge in [0.25, 0.3) is 0 Å². The van der Waals surface area contributed by atoms with Gasteiger partial charge in [-0.25, -0.2) is 15.0 Å². The molecular formula is C9H10N2O3. The number of anilines is 1. The van der Waals surface area contributed by atoms with Gasteiger partial charge in [0.2, 0.25) is 0 Å². The van der Waals surface area contributed by atoms with Crippen molar-refractivity contribution in [3.05, 3.63) is 53.1 Å². The van der Waals surface area contributed by atoms with Crippen LogP contribution in [0.15, 0.2) is 43.0 Å². The van der Waals surface area contributed by atoms with Crippen LogP contribution in [0.25, 0.3) is 0 Å². The Bertz CT molecular complexity index is 313. The van der Waals surface area contributed by atoms with E-state index >= 15 is 0 Å². The number of nitrogens with zero attached hydrogens (tertiary/aromatic N) is 2. The van der Waals surface area contributed by atoms with Crippen molar-refractivity contribution in [2.45, 2.75) is 0 Å². The first kappa shape index (κ1) is 10.2. The van der Waals surface area contributed by atoms with Gasteiger partial charge in [0.15, 0.2) is 5.03 Å². The van der Waals surface area contributed by atoms with Crippen LogP contribution in [-0.4, -0.2) is 11.6 Å². The fourth-order valence-electron chi connectivity index (χ4n) is 0.895. The molecule has 74 valence electrons. The van der Waals surface area contributed by atoms with Crippen molar-refractivity contribution in [1.82, 2.24) is 0 Å². The van der Waals surface area contributed by atoms with Crippen molar-refractivity contribution in [2.24, 2.45) is 0 Å². The molecule has 5 heteroatoms. The van der Waals surface area contributed by atoms with Gasteiger partial charge in [-0.15, -0.1) is 6.58 Å². The number of benzene rings is 1.